The number of rotatable bonds is 3. The predicted molar refractivity (Wildman–Crippen MR) is 120 cm³/mol. The van der Waals surface area contributed by atoms with Gasteiger partial charge >= 0.3 is 5.97 Å². The van der Waals surface area contributed by atoms with Crippen molar-refractivity contribution < 1.29 is 22.7 Å². The molecule has 1 aliphatic heterocycles. The molecule has 0 aliphatic carbocycles. The van der Waals surface area contributed by atoms with Gasteiger partial charge < -0.3 is 9.64 Å². The van der Waals surface area contributed by atoms with Gasteiger partial charge in [0.05, 0.1) is 34.2 Å². The van der Waals surface area contributed by atoms with E-state index in [0.717, 1.165) is 5.56 Å². The molecule has 0 atom stereocenters. The lowest BCUT2D eigenvalue weighted by molar-refractivity contribution is 0.0602. The van der Waals surface area contributed by atoms with Crippen molar-refractivity contribution >= 4 is 43.7 Å². The minimum Gasteiger partial charge on any atom is -0.465 e. The topological polar surface area (TPSA) is 85.7 Å². The van der Waals surface area contributed by atoms with Crippen LogP contribution >= 0.6 is 0 Å². The number of fused-ring (bicyclic) bond motifs is 5. The molecular formula is C24H20N2O5S. The van der Waals surface area contributed by atoms with Crippen molar-refractivity contribution in [3.8, 4) is 0 Å². The van der Waals surface area contributed by atoms with E-state index in [1.807, 2.05) is 6.92 Å². The van der Waals surface area contributed by atoms with Gasteiger partial charge in [-0.25, -0.2) is 17.2 Å². The van der Waals surface area contributed by atoms with Gasteiger partial charge in [-0.3, -0.25) is 4.79 Å². The highest BCUT2D eigenvalue weighted by molar-refractivity contribution is 7.90. The molecule has 1 amide bonds. The first-order valence-corrected chi connectivity index (χ1v) is 11.4. The number of carbonyl (C=O) groups is 2. The minimum atomic E-state index is -4.09. The Kier molecular flexibility index (Phi) is 4.39. The fourth-order valence-electron chi connectivity index (χ4n) is 4.40. The maximum Gasteiger partial charge on any atom is 0.340 e. The zero-order chi connectivity index (χ0) is 22.8. The zero-order valence-electron chi connectivity index (χ0n) is 17.7. The van der Waals surface area contributed by atoms with Crippen LogP contribution in [0.4, 0.5) is 0 Å². The Bertz CT molecular complexity index is 1550. The average molecular weight is 449 g/mol. The van der Waals surface area contributed by atoms with Gasteiger partial charge in [0.25, 0.3) is 15.9 Å². The quantitative estimate of drug-likeness (QED) is 0.446. The third kappa shape index (κ3) is 2.69. The number of amides is 1. The molecule has 5 rings (SSSR count). The molecule has 32 heavy (non-hydrogen) atoms. The third-order valence-corrected chi connectivity index (χ3v) is 7.64. The van der Waals surface area contributed by atoms with E-state index >= 15 is 0 Å². The summed E-state index contributed by atoms with van der Waals surface area (Å²) in [5, 5.41) is 1.03. The molecule has 0 fully saturated rings. The second-order valence-electron chi connectivity index (χ2n) is 7.93. The largest absolute Gasteiger partial charge is 0.465 e. The number of aromatic nitrogens is 1. The van der Waals surface area contributed by atoms with E-state index < -0.39 is 16.0 Å². The predicted octanol–water partition coefficient (Wildman–Crippen LogP) is 3.71. The number of nitrogens with zero attached hydrogens (tertiary/aromatic N) is 2. The monoisotopic (exact) mass is 448 g/mol. The summed E-state index contributed by atoms with van der Waals surface area (Å²) in [4.78, 5) is 27.5. The zero-order valence-corrected chi connectivity index (χ0v) is 18.6. The molecule has 0 saturated heterocycles. The lowest BCUT2D eigenvalue weighted by atomic mass is 9.98. The second-order valence-corrected chi connectivity index (χ2v) is 9.72. The molecule has 0 unspecified atom stereocenters. The van der Waals surface area contributed by atoms with Gasteiger partial charge in [0, 0.05) is 24.4 Å². The van der Waals surface area contributed by atoms with Gasteiger partial charge in [-0.05, 0) is 36.8 Å². The van der Waals surface area contributed by atoms with E-state index in [4.69, 9.17) is 4.74 Å². The Morgan fingerprint density at radius 1 is 1.06 bits per heavy atom. The Balaban J connectivity index is 2.02. The summed E-state index contributed by atoms with van der Waals surface area (Å²) in [7, 11) is -1.17. The van der Waals surface area contributed by atoms with Crippen LogP contribution in [0.3, 0.4) is 0 Å². The molecule has 1 aromatic heterocycles. The van der Waals surface area contributed by atoms with Crippen molar-refractivity contribution in [2.24, 2.45) is 0 Å². The fourth-order valence-corrected chi connectivity index (χ4v) is 5.94. The molecule has 3 aromatic carbocycles. The number of hydrogen-bond acceptors (Lipinski definition) is 5. The van der Waals surface area contributed by atoms with Gasteiger partial charge in [-0.15, -0.1) is 0 Å². The summed E-state index contributed by atoms with van der Waals surface area (Å²) >= 11 is 0. The van der Waals surface area contributed by atoms with Crippen molar-refractivity contribution in [3.05, 3.63) is 76.9 Å². The average Bonchev–Trinajstić information content (AvgIpc) is 3.27. The fraction of sp³-hybridized carbons (Fsp3) is 0.167. The van der Waals surface area contributed by atoms with E-state index in [0.29, 0.717) is 34.0 Å². The molecule has 4 aromatic rings. The lowest BCUT2D eigenvalue weighted by Crippen LogP contribution is -2.17. The smallest absolute Gasteiger partial charge is 0.340 e. The Morgan fingerprint density at radius 2 is 1.75 bits per heavy atom. The molecule has 0 N–H and O–H groups in total. The summed E-state index contributed by atoms with van der Waals surface area (Å²) in [6.07, 6.45) is 0. The van der Waals surface area contributed by atoms with Crippen molar-refractivity contribution in [1.82, 2.24) is 8.87 Å². The molecule has 1 aliphatic rings. The van der Waals surface area contributed by atoms with Gasteiger partial charge in [0.15, 0.2) is 0 Å². The van der Waals surface area contributed by atoms with Gasteiger partial charge in [-0.2, -0.15) is 0 Å². The number of esters is 1. The molecule has 0 spiro atoms. The molecular weight excluding hydrogens is 428 g/mol. The highest BCUT2D eigenvalue weighted by Gasteiger charge is 2.35. The number of hydrogen-bond donors (Lipinski definition) is 0. The Hall–Kier alpha value is -3.65. The summed E-state index contributed by atoms with van der Waals surface area (Å²) in [6, 6.07) is 15.1. The maximum atomic E-state index is 13.9. The van der Waals surface area contributed by atoms with Crippen LogP contribution in [0.2, 0.25) is 0 Å². The molecule has 0 bridgehead atoms. The molecule has 2 heterocycles. The molecule has 162 valence electrons. The van der Waals surface area contributed by atoms with E-state index in [-0.39, 0.29) is 21.9 Å². The van der Waals surface area contributed by atoms with Crippen LogP contribution in [0.1, 0.15) is 31.8 Å². The lowest BCUT2D eigenvalue weighted by Gasteiger charge is -2.12. The van der Waals surface area contributed by atoms with Crippen LogP contribution < -0.4 is 0 Å². The Labute approximate surface area is 184 Å². The van der Waals surface area contributed by atoms with Crippen molar-refractivity contribution in [2.75, 3.05) is 14.2 Å². The van der Waals surface area contributed by atoms with Crippen LogP contribution in [0.5, 0.6) is 0 Å². The SMILES string of the molecule is COC(=O)c1cc2c(c3c4ccccc4n(S(=O)(=O)c4ccc(C)cc4)c13)C(=O)N(C)C2. The number of carbonyl (C=O) groups excluding carboxylic acids is 2. The van der Waals surface area contributed by atoms with Crippen molar-refractivity contribution in [2.45, 2.75) is 18.4 Å². The highest BCUT2D eigenvalue weighted by atomic mass is 32.2. The van der Waals surface area contributed by atoms with E-state index in [2.05, 4.69) is 0 Å². The van der Waals surface area contributed by atoms with Gasteiger partial charge in [0.2, 0.25) is 0 Å². The highest BCUT2D eigenvalue weighted by Crippen LogP contribution is 2.40. The third-order valence-electron chi connectivity index (χ3n) is 5.91. The normalized spacial score (nSPS) is 13.7. The van der Waals surface area contributed by atoms with Crippen LogP contribution in [0, 0.1) is 6.92 Å². The first-order valence-electron chi connectivity index (χ1n) is 10.0. The number of aryl methyl sites for hydroxylation is 1. The Morgan fingerprint density at radius 3 is 2.44 bits per heavy atom. The number of methoxy groups -OCH3 is 1. The minimum absolute atomic E-state index is 0.0884. The summed E-state index contributed by atoms with van der Waals surface area (Å²) in [5.41, 5.74) is 2.67. The second kappa shape index (κ2) is 6.93. The number of ether oxygens (including phenoxy) is 1. The first kappa shape index (κ1) is 20.3. The first-order chi connectivity index (χ1) is 15.3. The van der Waals surface area contributed by atoms with Crippen molar-refractivity contribution in [1.29, 1.82) is 0 Å². The van der Waals surface area contributed by atoms with Crippen LogP contribution in [-0.4, -0.2) is 43.3 Å². The van der Waals surface area contributed by atoms with Crippen LogP contribution in [0.15, 0.2) is 59.5 Å². The van der Waals surface area contributed by atoms with E-state index in [1.165, 1.54) is 23.2 Å². The van der Waals surface area contributed by atoms with E-state index in [9.17, 15) is 18.0 Å². The van der Waals surface area contributed by atoms with Gasteiger partial charge in [0.1, 0.15) is 0 Å². The standard InChI is InChI=1S/C24H20N2O5S/c1-14-8-10-16(11-9-14)32(29,30)26-19-7-5-4-6-17(19)21-20-15(13-25(2)23(20)27)12-18(22(21)26)24(28)31-3/h4-12H,13H2,1-3H3. The van der Waals surface area contributed by atoms with E-state index in [1.54, 1.807) is 54.4 Å². The summed E-state index contributed by atoms with van der Waals surface area (Å²) < 4.78 is 33.9. The summed E-state index contributed by atoms with van der Waals surface area (Å²) in [6.45, 7) is 2.20. The van der Waals surface area contributed by atoms with Crippen LogP contribution in [0.25, 0.3) is 21.8 Å². The maximum absolute atomic E-state index is 13.9. The van der Waals surface area contributed by atoms with Crippen LogP contribution in [-0.2, 0) is 21.3 Å². The number of para-hydroxylation sites is 1. The van der Waals surface area contributed by atoms with Crippen molar-refractivity contribution in [3.63, 3.8) is 0 Å². The molecule has 8 heteroatoms. The molecule has 0 radical (unpaired) electrons. The number of benzene rings is 3. The van der Waals surface area contributed by atoms with Gasteiger partial charge in [-0.1, -0.05) is 35.9 Å². The summed E-state index contributed by atoms with van der Waals surface area (Å²) in [5.74, 6) is -0.875. The molecule has 0 saturated carbocycles. The molecule has 7 nitrogen and oxygen atoms in total.